The Kier molecular flexibility index (Phi) is 5.20. The Morgan fingerprint density at radius 1 is 0.938 bits per heavy atom. The SMILES string of the molecule is CC(C)c1ccncc1.Cc1cccnc1. The summed E-state index contributed by atoms with van der Waals surface area (Å²) < 4.78 is 0. The second-order valence-corrected chi connectivity index (χ2v) is 3.97. The molecule has 0 unspecified atom stereocenters. The largest absolute Gasteiger partial charge is 0.265 e. The van der Waals surface area contributed by atoms with Crippen LogP contribution >= 0.6 is 0 Å². The van der Waals surface area contributed by atoms with Crippen LogP contribution in [-0.4, -0.2) is 9.97 Å². The molecule has 2 aromatic rings. The Morgan fingerprint density at radius 2 is 1.62 bits per heavy atom. The van der Waals surface area contributed by atoms with Gasteiger partial charge in [0.25, 0.3) is 0 Å². The molecule has 0 fully saturated rings. The highest BCUT2D eigenvalue weighted by molar-refractivity contribution is 5.13. The fourth-order valence-electron chi connectivity index (χ4n) is 1.20. The quantitative estimate of drug-likeness (QED) is 0.725. The molecule has 0 aromatic carbocycles. The van der Waals surface area contributed by atoms with Crippen molar-refractivity contribution in [1.82, 2.24) is 9.97 Å². The summed E-state index contributed by atoms with van der Waals surface area (Å²) >= 11 is 0. The number of aromatic nitrogens is 2. The van der Waals surface area contributed by atoms with Gasteiger partial charge in [-0.25, -0.2) is 0 Å². The van der Waals surface area contributed by atoms with E-state index in [4.69, 9.17) is 0 Å². The molecule has 0 N–H and O–H groups in total. The lowest BCUT2D eigenvalue weighted by Crippen LogP contribution is -1.85. The third kappa shape index (κ3) is 4.69. The lowest BCUT2D eigenvalue weighted by atomic mass is 10.1. The third-order valence-corrected chi connectivity index (χ3v) is 2.18. The standard InChI is InChI=1S/C8H11N.C6H7N/c1-7(2)8-3-5-9-6-4-8;1-6-3-2-4-7-5-6/h3-7H,1-2H3;2-5H,1H3. The summed E-state index contributed by atoms with van der Waals surface area (Å²) in [5.41, 5.74) is 2.56. The molecule has 0 saturated carbocycles. The van der Waals surface area contributed by atoms with Crippen molar-refractivity contribution in [1.29, 1.82) is 0 Å². The molecule has 0 aliphatic rings. The summed E-state index contributed by atoms with van der Waals surface area (Å²) in [5, 5.41) is 0. The predicted octanol–water partition coefficient (Wildman–Crippen LogP) is 3.60. The fraction of sp³-hybridized carbons (Fsp3) is 0.286. The van der Waals surface area contributed by atoms with Crippen molar-refractivity contribution in [2.75, 3.05) is 0 Å². The van der Waals surface area contributed by atoms with Crippen LogP contribution in [0.4, 0.5) is 0 Å². The van der Waals surface area contributed by atoms with Gasteiger partial charge in [-0.1, -0.05) is 19.9 Å². The van der Waals surface area contributed by atoms with Crippen molar-refractivity contribution in [2.45, 2.75) is 26.7 Å². The van der Waals surface area contributed by atoms with Crippen molar-refractivity contribution in [3.05, 3.63) is 60.2 Å². The van der Waals surface area contributed by atoms with Crippen LogP contribution in [0.1, 0.15) is 30.9 Å². The van der Waals surface area contributed by atoms with Gasteiger partial charge in [-0.15, -0.1) is 0 Å². The summed E-state index contributed by atoms with van der Waals surface area (Å²) in [7, 11) is 0. The van der Waals surface area contributed by atoms with Crippen LogP contribution < -0.4 is 0 Å². The predicted molar refractivity (Wildman–Crippen MR) is 67.3 cm³/mol. The van der Waals surface area contributed by atoms with Gasteiger partial charge in [-0.05, 0) is 42.2 Å². The highest BCUT2D eigenvalue weighted by Gasteiger charge is 1.93. The van der Waals surface area contributed by atoms with E-state index in [9.17, 15) is 0 Å². The zero-order chi connectivity index (χ0) is 11.8. The van der Waals surface area contributed by atoms with E-state index in [-0.39, 0.29) is 0 Å². The molecule has 0 aliphatic heterocycles. The second-order valence-electron chi connectivity index (χ2n) is 3.97. The minimum Gasteiger partial charge on any atom is -0.265 e. The zero-order valence-corrected chi connectivity index (χ0v) is 10.1. The number of hydrogen-bond acceptors (Lipinski definition) is 2. The van der Waals surface area contributed by atoms with E-state index in [1.807, 2.05) is 49.8 Å². The summed E-state index contributed by atoms with van der Waals surface area (Å²) in [6.45, 7) is 6.37. The molecule has 0 saturated heterocycles. The summed E-state index contributed by atoms with van der Waals surface area (Å²) in [6.07, 6.45) is 7.26. The Balaban J connectivity index is 0.000000165. The maximum Gasteiger partial charge on any atom is 0.0297 e. The van der Waals surface area contributed by atoms with Gasteiger partial charge in [-0.3, -0.25) is 9.97 Å². The first-order chi connectivity index (χ1) is 7.70. The minimum atomic E-state index is 0.619. The maximum absolute atomic E-state index is 3.93. The van der Waals surface area contributed by atoms with Crippen LogP contribution in [0.25, 0.3) is 0 Å². The van der Waals surface area contributed by atoms with Crippen molar-refractivity contribution < 1.29 is 0 Å². The van der Waals surface area contributed by atoms with E-state index < -0.39 is 0 Å². The number of hydrogen-bond donors (Lipinski definition) is 0. The molecule has 84 valence electrons. The maximum atomic E-state index is 3.93. The third-order valence-electron chi connectivity index (χ3n) is 2.18. The molecule has 2 aromatic heterocycles. The van der Waals surface area contributed by atoms with E-state index in [0.717, 1.165) is 0 Å². The fourth-order valence-corrected chi connectivity index (χ4v) is 1.20. The van der Waals surface area contributed by atoms with Crippen LogP contribution in [0.5, 0.6) is 0 Å². The molecule has 2 rings (SSSR count). The van der Waals surface area contributed by atoms with Gasteiger partial charge < -0.3 is 0 Å². The van der Waals surface area contributed by atoms with Crippen molar-refractivity contribution in [3.8, 4) is 0 Å². The molecule has 2 heteroatoms. The van der Waals surface area contributed by atoms with Gasteiger partial charge in [0.1, 0.15) is 0 Å². The number of rotatable bonds is 1. The van der Waals surface area contributed by atoms with Gasteiger partial charge >= 0.3 is 0 Å². The van der Waals surface area contributed by atoms with Gasteiger partial charge in [0.15, 0.2) is 0 Å². The highest BCUT2D eigenvalue weighted by Crippen LogP contribution is 2.10. The lowest BCUT2D eigenvalue weighted by molar-refractivity contribution is 0.863. The molecule has 0 aliphatic carbocycles. The Morgan fingerprint density at radius 3 is 1.94 bits per heavy atom. The molecule has 0 atom stereocenters. The van der Waals surface area contributed by atoms with E-state index in [1.54, 1.807) is 6.20 Å². The van der Waals surface area contributed by atoms with E-state index >= 15 is 0 Å². The van der Waals surface area contributed by atoms with Crippen LogP contribution in [0.2, 0.25) is 0 Å². The average Bonchev–Trinajstić information content (AvgIpc) is 2.32. The monoisotopic (exact) mass is 214 g/mol. The first-order valence-electron chi connectivity index (χ1n) is 5.46. The van der Waals surface area contributed by atoms with Crippen molar-refractivity contribution >= 4 is 0 Å². The van der Waals surface area contributed by atoms with Crippen LogP contribution in [0.15, 0.2) is 49.1 Å². The van der Waals surface area contributed by atoms with Gasteiger partial charge in [-0.2, -0.15) is 0 Å². The van der Waals surface area contributed by atoms with Gasteiger partial charge in [0, 0.05) is 24.8 Å². The van der Waals surface area contributed by atoms with Crippen LogP contribution in [0.3, 0.4) is 0 Å². The number of pyridine rings is 2. The average molecular weight is 214 g/mol. The topological polar surface area (TPSA) is 25.8 Å². The van der Waals surface area contributed by atoms with Crippen LogP contribution in [-0.2, 0) is 0 Å². The summed E-state index contributed by atoms with van der Waals surface area (Å²) in [4.78, 5) is 7.81. The summed E-state index contributed by atoms with van der Waals surface area (Å²) in [5.74, 6) is 0.619. The Bertz CT molecular complexity index is 382. The molecular weight excluding hydrogens is 196 g/mol. The molecule has 0 amide bonds. The lowest BCUT2D eigenvalue weighted by Gasteiger charge is -2.01. The first kappa shape index (κ1) is 12.4. The number of aryl methyl sites for hydroxylation is 1. The van der Waals surface area contributed by atoms with Gasteiger partial charge in [0.2, 0.25) is 0 Å². The molecule has 0 radical (unpaired) electrons. The van der Waals surface area contributed by atoms with Crippen molar-refractivity contribution in [2.24, 2.45) is 0 Å². The zero-order valence-electron chi connectivity index (χ0n) is 10.1. The van der Waals surface area contributed by atoms with E-state index in [1.165, 1.54) is 11.1 Å². The Labute approximate surface area is 97.4 Å². The van der Waals surface area contributed by atoms with Crippen LogP contribution in [0, 0.1) is 6.92 Å². The number of nitrogens with zero attached hydrogens (tertiary/aromatic N) is 2. The first-order valence-corrected chi connectivity index (χ1v) is 5.46. The molecular formula is C14H18N2. The smallest absolute Gasteiger partial charge is 0.0297 e. The summed E-state index contributed by atoms with van der Waals surface area (Å²) in [6, 6.07) is 8.04. The molecule has 0 bridgehead atoms. The Hall–Kier alpha value is -1.70. The molecule has 0 spiro atoms. The molecule has 16 heavy (non-hydrogen) atoms. The van der Waals surface area contributed by atoms with Gasteiger partial charge in [0.05, 0.1) is 0 Å². The molecule has 2 nitrogen and oxygen atoms in total. The van der Waals surface area contributed by atoms with E-state index in [2.05, 4.69) is 23.8 Å². The minimum absolute atomic E-state index is 0.619. The highest BCUT2D eigenvalue weighted by atomic mass is 14.6. The second kappa shape index (κ2) is 6.72. The van der Waals surface area contributed by atoms with E-state index in [0.29, 0.717) is 5.92 Å². The normalized spacial score (nSPS) is 9.50. The molecule has 2 heterocycles. The van der Waals surface area contributed by atoms with Crippen molar-refractivity contribution in [3.63, 3.8) is 0 Å².